The number of rotatable bonds is 1. The highest BCUT2D eigenvalue weighted by molar-refractivity contribution is 5.95. The zero-order valence-corrected chi connectivity index (χ0v) is 12.5. The van der Waals surface area contributed by atoms with Gasteiger partial charge in [0.2, 0.25) is 0 Å². The molecule has 0 aliphatic rings. The summed E-state index contributed by atoms with van der Waals surface area (Å²) in [5, 5.41) is 11.1. The number of nitrogens with two attached hydrogens (primary N) is 1. The van der Waals surface area contributed by atoms with Crippen molar-refractivity contribution >= 4 is 16.5 Å². The minimum Gasteiger partial charge on any atom is -0.399 e. The number of nitriles is 1. The highest BCUT2D eigenvalue weighted by atomic mass is 14.5. The molecule has 0 atom stereocenters. The second kappa shape index (κ2) is 6.64. The Kier molecular flexibility index (Phi) is 5.18. The smallest absolute Gasteiger partial charge is 0.100 e. The van der Waals surface area contributed by atoms with Crippen molar-refractivity contribution in [2.75, 3.05) is 5.73 Å². The van der Waals surface area contributed by atoms with Crippen LogP contribution in [0.4, 0.5) is 5.69 Å². The third-order valence-corrected chi connectivity index (χ3v) is 3.06. The molecular formula is C18H20N2. The van der Waals surface area contributed by atoms with E-state index in [9.17, 15) is 0 Å². The van der Waals surface area contributed by atoms with E-state index in [0.717, 1.165) is 22.0 Å². The lowest BCUT2D eigenvalue weighted by molar-refractivity contribution is 0.876. The maximum absolute atomic E-state index is 9.12. The van der Waals surface area contributed by atoms with Gasteiger partial charge in [-0.1, -0.05) is 39.7 Å². The zero-order valence-electron chi connectivity index (χ0n) is 12.5. The van der Waals surface area contributed by atoms with Gasteiger partial charge in [-0.25, -0.2) is 0 Å². The van der Waals surface area contributed by atoms with Crippen LogP contribution in [0.25, 0.3) is 10.8 Å². The molecule has 0 amide bonds. The highest BCUT2D eigenvalue weighted by Crippen LogP contribution is 2.32. The Bertz CT molecular complexity index is 698. The fraction of sp³-hybridized carbons (Fsp3) is 0.278. The van der Waals surface area contributed by atoms with Crippen LogP contribution in [-0.2, 0) is 0 Å². The quantitative estimate of drug-likeness (QED) is 0.612. The second-order valence-corrected chi connectivity index (χ2v) is 4.61. The molecule has 2 nitrogen and oxygen atoms in total. The molecule has 0 aliphatic carbocycles. The van der Waals surface area contributed by atoms with E-state index < -0.39 is 0 Å². The fourth-order valence-corrected chi connectivity index (χ4v) is 2.22. The van der Waals surface area contributed by atoms with Gasteiger partial charge in [0.15, 0.2) is 0 Å². The summed E-state index contributed by atoms with van der Waals surface area (Å²) in [6.45, 7) is 8.18. The first-order chi connectivity index (χ1) is 9.58. The first-order valence-electron chi connectivity index (χ1n) is 6.81. The molecule has 0 heterocycles. The number of hydrogen-bond acceptors (Lipinski definition) is 2. The molecule has 20 heavy (non-hydrogen) atoms. The van der Waals surface area contributed by atoms with Gasteiger partial charge in [-0.2, -0.15) is 5.26 Å². The van der Waals surface area contributed by atoms with Gasteiger partial charge in [-0.15, -0.1) is 6.42 Å². The molecule has 0 bridgehead atoms. The van der Waals surface area contributed by atoms with Crippen LogP contribution in [0.5, 0.6) is 0 Å². The fourth-order valence-electron chi connectivity index (χ4n) is 2.22. The second-order valence-electron chi connectivity index (χ2n) is 4.61. The molecule has 2 rings (SSSR count). The predicted octanol–water partition coefficient (Wildman–Crippen LogP) is 4.42. The van der Waals surface area contributed by atoms with Crippen LogP contribution in [0.1, 0.15) is 50.3 Å². The van der Waals surface area contributed by atoms with Crippen LogP contribution in [0, 0.1) is 23.7 Å². The van der Waals surface area contributed by atoms with Crippen molar-refractivity contribution < 1.29 is 0 Å². The van der Waals surface area contributed by atoms with Crippen LogP contribution >= 0.6 is 0 Å². The minimum absolute atomic E-state index is 0.303. The van der Waals surface area contributed by atoms with Gasteiger partial charge in [0.1, 0.15) is 6.07 Å². The predicted molar refractivity (Wildman–Crippen MR) is 86.4 cm³/mol. The van der Waals surface area contributed by atoms with Gasteiger partial charge in [0, 0.05) is 11.1 Å². The Morgan fingerprint density at radius 2 is 1.85 bits per heavy atom. The molecule has 0 saturated carbocycles. The third-order valence-electron chi connectivity index (χ3n) is 3.06. The average Bonchev–Trinajstić information content (AvgIpc) is 2.46. The Balaban J connectivity index is 0.000000956. The summed E-state index contributed by atoms with van der Waals surface area (Å²) in [6, 6.07) is 9.63. The molecule has 0 aromatic heterocycles. The van der Waals surface area contributed by atoms with Crippen molar-refractivity contribution in [3.05, 3.63) is 41.0 Å². The first kappa shape index (κ1) is 15.6. The van der Waals surface area contributed by atoms with E-state index in [1.807, 2.05) is 32.0 Å². The Morgan fingerprint density at radius 3 is 2.35 bits per heavy atom. The van der Waals surface area contributed by atoms with E-state index in [0.29, 0.717) is 17.0 Å². The molecule has 0 radical (unpaired) electrons. The van der Waals surface area contributed by atoms with Crippen molar-refractivity contribution in [1.29, 1.82) is 5.26 Å². The molecule has 0 aliphatic heterocycles. The van der Waals surface area contributed by atoms with Crippen molar-refractivity contribution in [2.45, 2.75) is 33.6 Å². The molecule has 102 valence electrons. The van der Waals surface area contributed by atoms with Gasteiger partial charge in [0.25, 0.3) is 0 Å². The van der Waals surface area contributed by atoms with Crippen molar-refractivity contribution in [3.8, 4) is 18.4 Å². The van der Waals surface area contributed by atoms with Crippen LogP contribution in [0.15, 0.2) is 24.3 Å². The van der Waals surface area contributed by atoms with E-state index in [1.165, 1.54) is 0 Å². The SMILES string of the molecule is C#Cc1c(C#N)ccc2cc(N)cc(C(C)C)c12.CC. The summed E-state index contributed by atoms with van der Waals surface area (Å²) in [5.74, 6) is 2.94. The Morgan fingerprint density at radius 1 is 1.20 bits per heavy atom. The van der Waals surface area contributed by atoms with Crippen molar-refractivity contribution in [3.63, 3.8) is 0 Å². The van der Waals surface area contributed by atoms with Crippen molar-refractivity contribution in [2.24, 2.45) is 0 Å². The number of terminal acetylenes is 1. The summed E-state index contributed by atoms with van der Waals surface area (Å²) in [5.41, 5.74) is 8.93. The number of fused-ring (bicyclic) bond motifs is 1. The van der Waals surface area contributed by atoms with Gasteiger partial charge < -0.3 is 5.73 Å². The zero-order chi connectivity index (χ0) is 15.3. The van der Waals surface area contributed by atoms with E-state index in [2.05, 4.69) is 25.8 Å². The molecule has 0 unspecified atom stereocenters. The summed E-state index contributed by atoms with van der Waals surface area (Å²) >= 11 is 0. The lowest BCUT2D eigenvalue weighted by Crippen LogP contribution is -1.97. The van der Waals surface area contributed by atoms with Gasteiger partial charge in [-0.3, -0.25) is 0 Å². The molecule has 2 aromatic carbocycles. The summed E-state index contributed by atoms with van der Waals surface area (Å²) in [4.78, 5) is 0. The molecular weight excluding hydrogens is 244 g/mol. The molecule has 0 saturated heterocycles. The van der Waals surface area contributed by atoms with Gasteiger partial charge in [-0.05, 0) is 35.1 Å². The number of nitrogens with zero attached hydrogens (tertiary/aromatic N) is 1. The average molecular weight is 264 g/mol. The third kappa shape index (κ3) is 2.76. The van der Waals surface area contributed by atoms with Gasteiger partial charge >= 0.3 is 0 Å². The maximum atomic E-state index is 9.12. The molecule has 0 fully saturated rings. The first-order valence-corrected chi connectivity index (χ1v) is 6.81. The van der Waals surface area contributed by atoms with E-state index in [1.54, 1.807) is 6.07 Å². The van der Waals surface area contributed by atoms with Crippen LogP contribution in [0.2, 0.25) is 0 Å². The normalized spacial score (nSPS) is 9.55. The lowest BCUT2D eigenvalue weighted by Gasteiger charge is -2.14. The lowest BCUT2D eigenvalue weighted by atomic mass is 9.90. The van der Waals surface area contributed by atoms with Crippen LogP contribution in [-0.4, -0.2) is 0 Å². The number of anilines is 1. The number of benzene rings is 2. The Hall–Kier alpha value is -2.45. The van der Waals surface area contributed by atoms with Crippen LogP contribution in [0.3, 0.4) is 0 Å². The number of nitrogen functional groups attached to an aromatic ring is 1. The van der Waals surface area contributed by atoms with E-state index in [-0.39, 0.29) is 0 Å². The topological polar surface area (TPSA) is 49.8 Å². The Labute approximate surface area is 121 Å². The largest absolute Gasteiger partial charge is 0.399 e. The number of hydrogen-bond donors (Lipinski definition) is 1. The highest BCUT2D eigenvalue weighted by Gasteiger charge is 2.12. The monoisotopic (exact) mass is 264 g/mol. The summed E-state index contributed by atoms with van der Waals surface area (Å²) in [6.07, 6.45) is 5.57. The standard InChI is InChI=1S/C16H14N2.C2H6/c1-4-14-12(9-17)6-5-11-7-13(18)8-15(10(2)3)16(11)14;1-2/h1,5-8,10H,18H2,2-3H3;1-2H3. The molecule has 2 N–H and O–H groups in total. The molecule has 2 aromatic rings. The van der Waals surface area contributed by atoms with Crippen molar-refractivity contribution in [1.82, 2.24) is 0 Å². The molecule has 0 spiro atoms. The summed E-state index contributed by atoms with van der Waals surface area (Å²) < 4.78 is 0. The van der Waals surface area contributed by atoms with Gasteiger partial charge in [0.05, 0.1) is 11.1 Å². The minimum atomic E-state index is 0.303. The van der Waals surface area contributed by atoms with E-state index >= 15 is 0 Å². The van der Waals surface area contributed by atoms with Crippen LogP contribution < -0.4 is 5.73 Å². The maximum Gasteiger partial charge on any atom is 0.100 e. The summed E-state index contributed by atoms with van der Waals surface area (Å²) in [7, 11) is 0. The van der Waals surface area contributed by atoms with E-state index in [4.69, 9.17) is 17.4 Å². The molecule has 2 heteroatoms.